The molecule has 1 saturated heterocycles. The lowest BCUT2D eigenvalue weighted by Crippen LogP contribution is -2.43. The normalized spacial score (nSPS) is 25.8. The molecule has 2 N–H and O–H groups in total. The number of carbonyl (C=O) groups excluding carboxylic acids is 1. The first kappa shape index (κ1) is 8.97. The molecule has 74 valence electrons. The molecular formula is C9H16N2O2. The van der Waals surface area contributed by atoms with Gasteiger partial charge in [-0.25, -0.2) is 5.06 Å². The lowest BCUT2D eigenvalue weighted by molar-refractivity contribution is -0.202. The van der Waals surface area contributed by atoms with Crippen LogP contribution in [0.25, 0.3) is 0 Å². The van der Waals surface area contributed by atoms with Crippen molar-refractivity contribution < 1.29 is 9.63 Å². The molecule has 0 aromatic rings. The largest absolute Gasteiger partial charge is 0.329 e. The van der Waals surface area contributed by atoms with Crippen LogP contribution in [-0.2, 0) is 9.63 Å². The Kier molecular flexibility index (Phi) is 2.26. The first-order valence-electron chi connectivity index (χ1n) is 4.93. The van der Waals surface area contributed by atoms with Gasteiger partial charge in [0.2, 0.25) is 0 Å². The molecule has 1 heterocycles. The summed E-state index contributed by atoms with van der Waals surface area (Å²) < 4.78 is 0. The lowest BCUT2D eigenvalue weighted by atomic mass is 10.1. The van der Waals surface area contributed by atoms with Crippen molar-refractivity contribution in [2.45, 2.75) is 25.7 Å². The zero-order chi connectivity index (χ0) is 9.31. The zero-order valence-electron chi connectivity index (χ0n) is 7.79. The summed E-state index contributed by atoms with van der Waals surface area (Å²) in [5, 5.41) is 1.52. The number of nitrogens with zero attached hydrogens (tertiary/aromatic N) is 1. The molecule has 2 rings (SSSR count). The van der Waals surface area contributed by atoms with Crippen molar-refractivity contribution in [2.75, 3.05) is 19.7 Å². The second kappa shape index (κ2) is 3.27. The van der Waals surface area contributed by atoms with Crippen LogP contribution in [0.15, 0.2) is 0 Å². The van der Waals surface area contributed by atoms with Crippen molar-refractivity contribution in [3.8, 4) is 0 Å². The average Bonchev–Trinajstić information content (AvgIpc) is 2.99. The monoisotopic (exact) mass is 184 g/mol. The molecular weight excluding hydrogens is 168 g/mol. The summed E-state index contributed by atoms with van der Waals surface area (Å²) in [5.74, 6) is 0.106. The third kappa shape index (κ3) is 1.56. The Morgan fingerprint density at radius 2 is 2.23 bits per heavy atom. The van der Waals surface area contributed by atoms with E-state index in [1.165, 1.54) is 5.06 Å². The van der Waals surface area contributed by atoms with E-state index in [9.17, 15) is 4.79 Å². The molecule has 0 bridgehead atoms. The Labute approximate surface area is 78.0 Å². The van der Waals surface area contributed by atoms with Gasteiger partial charge < -0.3 is 5.73 Å². The number of hydrogen-bond acceptors (Lipinski definition) is 3. The molecule has 2 fully saturated rings. The smallest absolute Gasteiger partial charge is 0.253 e. The predicted octanol–water partition coefficient (Wildman–Crippen LogP) is 0.279. The first-order valence-corrected chi connectivity index (χ1v) is 4.93. The quantitative estimate of drug-likeness (QED) is 0.670. The summed E-state index contributed by atoms with van der Waals surface area (Å²) in [7, 11) is 0. The molecule has 0 aromatic carbocycles. The third-order valence-electron chi connectivity index (χ3n) is 2.93. The second-order valence-corrected chi connectivity index (χ2v) is 3.93. The number of carbonyl (C=O) groups is 1. The Morgan fingerprint density at radius 3 is 2.69 bits per heavy atom. The van der Waals surface area contributed by atoms with Gasteiger partial charge in [-0.05, 0) is 25.7 Å². The summed E-state index contributed by atoms with van der Waals surface area (Å²) in [6.45, 7) is 1.87. The maximum atomic E-state index is 11.8. The van der Waals surface area contributed by atoms with E-state index in [-0.39, 0.29) is 11.3 Å². The molecule has 0 aromatic heterocycles. The molecule has 0 unspecified atom stereocenters. The molecule has 0 radical (unpaired) electrons. The van der Waals surface area contributed by atoms with Crippen LogP contribution >= 0.6 is 0 Å². The van der Waals surface area contributed by atoms with Crippen LogP contribution < -0.4 is 5.73 Å². The van der Waals surface area contributed by atoms with Crippen LogP contribution in [0.5, 0.6) is 0 Å². The van der Waals surface area contributed by atoms with Gasteiger partial charge in [-0.1, -0.05) is 0 Å². The van der Waals surface area contributed by atoms with E-state index in [2.05, 4.69) is 0 Å². The maximum absolute atomic E-state index is 11.8. The summed E-state index contributed by atoms with van der Waals surface area (Å²) in [4.78, 5) is 17.1. The highest BCUT2D eigenvalue weighted by molar-refractivity contribution is 5.84. The Bertz CT molecular complexity index is 208. The van der Waals surface area contributed by atoms with Crippen LogP contribution in [0, 0.1) is 5.41 Å². The molecule has 0 spiro atoms. The van der Waals surface area contributed by atoms with E-state index in [1.54, 1.807) is 0 Å². The number of hydroxylamine groups is 2. The molecule has 1 saturated carbocycles. The van der Waals surface area contributed by atoms with Crippen LogP contribution in [0.4, 0.5) is 0 Å². The van der Waals surface area contributed by atoms with E-state index in [4.69, 9.17) is 10.6 Å². The van der Waals surface area contributed by atoms with Gasteiger partial charge in [-0.2, -0.15) is 0 Å². The molecule has 13 heavy (non-hydrogen) atoms. The average molecular weight is 184 g/mol. The zero-order valence-corrected chi connectivity index (χ0v) is 7.79. The number of nitrogens with two attached hydrogens (primary N) is 1. The van der Waals surface area contributed by atoms with Gasteiger partial charge in [0.1, 0.15) is 0 Å². The Hall–Kier alpha value is -0.610. The summed E-state index contributed by atoms with van der Waals surface area (Å²) in [5.41, 5.74) is 5.32. The van der Waals surface area contributed by atoms with Crippen molar-refractivity contribution in [3.63, 3.8) is 0 Å². The van der Waals surface area contributed by atoms with E-state index in [0.29, 0.717) is 13.2 Å². The van der Waals surface area contributed by atoms with Crippen molar-refractivity contribution in [3.05, 3.63) is 0 Å². The van der Waals surface area contributed by atoms with E-state index in [0.717, 1.165) is 32.2 Å². The number of amides is 1. The van der Waals surface area contributed by atoms with E-state index < -0.39 is 0 Å². The summed E-state index contributed by atoms with van der Waals surface area (Å²) >= 11 is 0. The Morgan fingerprint density at radius 1 is 1.46 bits per heavy atom. The van der Waals surface area contributed by atoms with Crippen molar-refractivity contribution >= 4 is 5.91 Å². The lowest BCUT2D eigenvalue weighted by Gasteiger charge is -2.28. The SMILES string of the molecule is NCC1(C(=O)N2CCCCO2)CC1. The number of hydrogen-bond donors (Lipinski definition) is 1. The van der Waals surface area contributed by atoms with Crippen LogP contribution in [0.2, 0.25) is 0 Å². The third-order valence-corrected chi connectivity index (χ3v) is 2.93. The van der Waals surface area contributed by atoms with E-state index in [1.807, 2.05) is 0 Å². The number of rotatable bonds is 2. The van der Waals surface area contributed by atoms with Crippen LogP contribution in [-0.4, -0.2) is 30.7 Å². The molecule has 4 heteroatoms. The Balaban J connectivity index is 1.95. The minimum Gasteiger partial charge on any atom is -0.329 e. The summed E-state index contributed by atoms with van der Waals surface area (Å²) in [6.07, 6.45) is 3.97. The predicted molar refractivity (Wildman–Crippen MR) is 47.6 cm³/mol. The van der Waals surface area contributed by atoms with Crippen molar-refractivity contribution in [1.29, 1.82) is 0 Å². The van der Waals surface area contributed by atoms with Crippen molar-refractivity contribution in [2.24, 2.45) is 11.1 Å². The molecule has 2 aliphatic rings. The fourth-order valence-electron chi connectivity index (χ4n) is 1.68. The maximum Gasteiger partial charge on any atom is 0.253 e. The van der Waals surface area contributed by atoms with Gasteiger partial charge >= 0.3 is 0 Å². The fraction of sp³-hybridized carbons (Fsp3) is 0.889. The fourth-order valence-corrected chi connectivity index (χ4v) is 1.68. The second-order valence-electron chi connectivity index (χ2n) is 3.93. The molecule has 1 aliphatic carbocycles. The van der Waals surface area contributed by atoms with Gasteiger partial charge in [0, 0.05) is 13.1 Å². The topological polar surface area (TPSA) is 55.6 Å². The highest BCUT2D eigenvalue weighted by Gasteiger charge is 2.51. The van der Waals surface area contributed by atoms with Crippen LogP contribution in [0.3, 0.4) is 0 Å². The highest BCUT2D eigenvalue weighted by Crippen LogP contribution is 2.46. The van der Waals surface area contributed by atoms with Gasteiger partial charge in [0.05, 0.1) is 12.0 Å². The summed E-state index contributed by atoms with van der Waals surface area (Å²) in [6, 6.07) is 0. The van der Waals surface area contributed by atoms with Gasteiger partial charge in [0.15, 0.2) is 0 Å². The van der Waals surface area contributed by atoms with E-state index >= 15 is 0 Å². The van der Waals surface area contributed by atoms with Crippen molar-refractivity contribution in [1.82, 2.24) is 5.06 Å². The standard InChI is InChI=1S/C9H16N2O2/c10-7-9(3-4-9)8(12)11-5-1-2-6-13-11/h1-7,10H2. The highest BCUT2D eigenvalue weighted by atomic mass is 16.7. The molecule has 1 aliphatic heterocycles. The van der Waals surface area contributed by atoms with Gasteiger partial charge in [-0.3, -0.25) is 9.63 Å². The first-order chi connectivity index (χ1) is 6.28. The minimum absolute atomic E-state index is 0.106. The van der Waals surface area contributed by atoms with Crippen LogP contribution in [0.1, 0.15) is 25.7 Å². The van der Waals surface area contributed by atoms with Gasteiger partial charge in [0.25, 0.3) is 5.91 Å². The minimum atomic E-state index is -0.253. The van der Waals surface area contributed by atoms with Gasteiger partial charge in [-0.15, -0.1) is 0 Å². The molecule has 4 nitrogen and oxygen atoms in total. The molecule has 1 amide bonds. The molecule has 0 atom stereocenters.